The molecule has 0 aliphatic heterocycles. The van der Waals surface area contributed by atoms with Crippen LogP contribution in [0.3, 0.4) is 0 Å². The Morgan fingerprint density at radius 3 is 2.52 bits per heavy atom. The van der Waals surface area contributed by atoms with Crippen LogP contribution in [0.4, 0.5) is 0 Å². The zero-order valence-electron chi connectivity index (χ0n) is 11.3. The van der Waals surface area contributed by atoms with Crippen LogP contribution in [0.15, 0.2) is 47.1 Å². The number of hydrogen-bond donors (Lipinski definition) is 2. The molecule has 21 heavy (non-hydrogen) atoms. The van der Waals surface area contributed by atoms with E-state index in [0.29, 0.717) is 22.9 Å². The highest BCUT2D eigenvalue weighted by Gasteiger charge is 2.07. The van der Waals surface area contributed by atoms with E-state index in [-0.39, 0.29) is 24.8 Å². The van der Waals surface area contributed by atoms with Crippen LogP contribution in [0.1, 0.15) is 22.5 Å². The van der Waals surface area contributed by atoms with Gasteiger partial charge in [0.1, 0.15) is 5.76 Å². The van der Waals surface area contributed by atoms with E-state index in [4.69, 9.17) is 16.0 Å². The molecule has 0 fully saturated rings. The van der Waals surface area contributed by atoms with Crippen molar-refractivity contribution in [1.82, 2.24) is 10.6 Å². The number of hydrogen-bond acceptors (Lipinski definition) is 3. The molecule has 2 rings (SSSR count). The third-order valence-corrected chi connectivity index (χ3v) is 3.04. The summed E-state index contributed by atoms with van der Waals surface area (Å²) in [4.78, 5) is 23.4. The first kappa shape index (κ1) is 15.1. The average molecular weight is 307 g/mol. The fourth-order valence-corrected chi connectivity index (χ4v) is 1.81. The van der Waals surface area contributed by atoms with E-state index in [1.165, 1.54) is 0 Å². The summed E-state index contributed by atoms with van der Waals surface area (Å²) in [5, 5.41) is 5.95. The standard InChI is InChI=1S/C15H15ClN2O3/c16-12-5-3-11(4-6-12)15(20)17-8-7-14(19)18-10-13-2-1-9-21-13/h1-6,9H,7-8,10H2,(H,17,20)(H,18,19). The molecule has 1 aromatic heterocycles. The van der Waals surface area contributed by atoms with Gasteiger partial charge in [0.05, 0.1) is 12.8 Å². The van der Waals surface area contributed by atoms with E-state index in [9.17, 15) is 9.59 Å². The molecule has 0 unspecified atom stereocenters. The first-order valence-corrected chi connectivity index (χ1v) is 6.86. The molecule has 0 aliphatic carbocycles. The molecule has 2 amide bonds. The smallest absolute Gasteiger partial charge is 0.251 e. The predicted molar refractivity (Wildman–Crippen MR) is 79.0 cm³/mol. The van der Waals surface area contributed by atoms with Crippen molar-refractivity contribution in [3.63, 3.8) is 0 Å². The molecule has 0 atom stereocenters. The fourth-order valence-electron chi connectivity index (χ4n) is 1.68. The zero-order valence-corrected chi connectivity index (χ0v) is 12.0. The molecule has 0 spiro atoms. The van der Waals surface area contributed by atoms with Crippen LogP contribution < -0.4 is 10.6 Å². The van der Waals surface area contributed by atoms with Gasteiger partial charge in [-0.1, -0.05) is 11.6 Å². The van der Waals surface area contributed by atoms with Gasteiger partial charge in [-0.25, -0.2) is 0 Å². The predicted octanol–water partition coefficient (Wildman–Crippen LogP) is 2.37. The van der Waals surface area contributed by atoms with Gasteiger partial charge in [-0.3, -0.25) is 9.59 Å². The van der Waals surface area contributed by atoms with E-state index in [2.05, 4.69) is 10.6 Å². The quantitative estimate of drug-likeness (QED) is 0.860. The van der Waals surface area contributed by atoms with Crippen LogP contribution in [-0.2, 0) is 11.3 Å². The van der Waals surface area contributed by atoms with Crippen molar-refractivity contribution in [2.24, 2.45) is 0 Å². The number of furan rings is 1. The maximum atomic E-state index is 11.8. The molecule has 0 saturated heterocycles. The van der Waals surface area contributed by atoms with Crippen LogP contribution in [-0.4, -0.2) is 18.4 Å². The van der Waals surface area contributed by atoms with E-state index in [1.54, 1.807) is 42.7 Å². The molecular formula is C15H15ClN2O3. The largest absolute Gasteiger partial charge is 0.467 e. The fraction of sp³-hybridized carbons (Fsp3) is 0.200. The molecule has 0 aliphatic rings. The number of rotatable bonds is 6. The first-order chi connectivity index (χ1) is 10.1. The number of nitrogens with one attached hydrogen (secondary N) is 2. The zero-order chi connectivity index (χ0) is 15.1. The van der Waals surface area contributed by atoms with Crippen LogP contribution >= 0.6 is 11.6 Å². The van der Waals surface area contributed by atoms with Crippen molar-refractivity contribution < 1.29 is 14.0 Å². The van der Waals surface area contributed by atoms with Gasteiger partial charge >= 0.3 is 0 Å². The summed E-state index contributed by atoms with van der Waals surface area (Å²) in [6, 6.07) is 10.1. The second kappa shape index (κ2) is 7.50. The van der Waals surface area contributed by atoms with Crippen LogP contribution in [0.25, 0.3) is 0 Å². The lowest BCUT2D eigenvalue weighted by Gasteiger charge is -2.06. The molecule has 2 N–H and O–H groups in total. The molecule has 0 radical (unpaired) electrons. The molecule has 0 saturated carbocycles. The van der Waals surface area contributed by atoms with Crippen molar-refractivity contribution >= 4 is 23.4 Å². The van der Waals surface area contributed by atoms with Gasteiger partial charge in [-0.15, -0.1) is 0 Å². The van der Waals surface area contributed by atoms with Gasteiger partial charge in [0, 0.05) is 23.6 Å². The molecule has 1 aromatic carbocycles. The first-order valence-electron chi connectivity index (χ1n) is 6.48. The SMILES string of the molecule is O=C(CCNC(=O)c1ccc(Cl)cc1)NCc1ccco1. The van der Waals surface area contributed by atoms with Crippen LogP contribution in [0.5, 0.6) is 0 Å². The third-order valence-electron chi connectivity index (χ3n) is 2.78. The number of amides is 2. The van der Waals surface area contributed by atoms with Gasteiger partial charge in [-0.2, -0.15) is 0 Å². The van der Waals surface area contributed by atoms with Gasteiger partial charge in [0.2, 0.25) is 5.91 Å². The number of benzene rings is 1. The lowest BCUT2D eigenvalue weighted by Crippen LogP contribution is -2.30. The number of halogens is 1. The minimum absolute atomic E-state index is 0.150. The summed E-state index contributed by atoms with van der Waals surface area (Å²) >= 11 is 5.75. The van der Waals surface area contributed by atoms with Crippen LogP contribution in [0.2, 0.25) is 5.02 Å². The Morgan fingerprint density at radius 2 is 1.86 bits per heavy atom. The monoisotopic (exact) mass is 306 g/mol. The molecule has 2 aromatic rings. The van der Waals surface area contributed by atoms with E-state index in [0.717, 1.165) is 0 Å². The lowest BCUT2D eigenvalue weighted by molar-refractivity contribution is -0.121. The van der Waals surface area contributed by atoms with Crippen molar-refractivity contribution in [1.29, 1.82) is 0 Å². The summed E-state index contributed by atoms with van der Waals surface area (Å²) in [5.74, 6) is 0.307. The van der Waals surface area contributed by atoms with Crippen molar-refractivity contribution in [3.8, 4) is 0 Å². The van der Waals surface area contributed by atoms with Gasteiger partial charge in [0.15, 0.2) is 0 Å². The topological polar surface area (TPSA) is 71.3 Å². The van der Waals surface area contributed by atoms with Crippen molar-refractivity contribution in [2.45, 2.75) is 13.0 Å². The Bertz CT molecular complexity index is 594. The van der Waals surface area contributed by atoms with Gasteiger partial charge in [0.25, 0.3) is 5.91 Å². The third kappa shape index (κ3) is 4.96. The Balaban J connectivity index is 1.67. The highest BCUT2D eigenvalue weighted by Crippen LogP contribution is 2.09. The average Bonchev–Trinajstić information content (AvgIpc) is 2.99. The van der Waals surface area contributed by atoms with Gasteiger partial charge < -0.3 is 15.1 Å². The second-order valence-corrected chi connectivity index (χ2v) is 4.81. The molecular weight excluding hydrogens is 292 g/mol. The van der Waals surface area contributed by atoms with Crippen molar-refractivity contribution in [2.75, 3.05) is 6.54 Å². The minimum atomic E-state index is -0.231. The summed E-state index contributed by atoms with van der Waals surface area (Å²) in [5.41, 5.74) is 0.510. The summed E-state index contributed by atoms with van der Waals surface area (Å²) < 4.78 is 5.10. The second-order valence-electron chi connectivity index (χ2n) is 4.37. The van der Waals surface area contributed by atoms with Crippen molar-refractivity contribution in [3.05, 3.63) is 59.0 Å². The Labute approximate surface area is 127 Å². The minimum Gasteiger partial charge on any atom is -0.467 e. The van der Waals surface area contributed by atoms with E-state index < -0.39 is 0 Å². The Hall–Kier alpha value is -2.27. The van der Waals surface area contributed by atoms with Crippen LogP contribution in [0, 0.1) is 0 Å². The maximum absolute atomic E-state index is 11.8. The maximum Gasteiger partial charge on any atom is 0.251 e. The Kier molecular flexibility index (Phi) is 5.40. The molecule has 110 valence electrons. The molecule has 0 bridgehead atoms. The van der Waals surface area contributed by atoms with E-state index in [1.807, 2.05) is 0 Å². The normalized spacial score (nSPS) is 10.1. The number of carbonyl (C=O) groups excluding carboxylic acids is 2. The molecule has 6 heteroatoms. The number of carbonyl (C=O) groups is 2. The molecule has 1 heterocycles. The Morgan fingerprint density at radius 1 is 1.10 bits per heavy atom. The summed E-state index contributed by atoms with van der Waals surface area (Å²) in [7, 11) is 0. The highest BCUT2D eigenvalue weighted by molar-refractivity contribution is 6.30. The van der Waals surface area contributed by atoms with E-state index >= 15 is 0 Å². The summed E-state index contributed by atoms with van der Waals surface area (Å²) in [6.07, 6.45) is 1.76. The van der Waals surface area contributed by atoms with Gasteiger partial charge in [-0.05, 0) is 36.4 Å². The highest BCUT2D eigenvalue weighted by atomic mass is 35.5. The molecule has 5 nitrogen and oxygen atoms in total. The summed E-state index contributed by atoms with van der Waals surface area (Å²) in [6.45, 7) is 0.614. The lowest BCUT2D eigenvalue weighted by atomic mass is 10.2.